The summed E-state index contributed by atoms with van der Waals surface area (Å²) in [7, 11) is 2.01. The zero-order chi connectivity index (χ0) is 17.9. The number of carbonyl (C=O) groups excluding carboxylic acids is 1. The summed E-state index contributed by atoms with van der Waals surface area (Å²) < 4.78 is 7.66. The van der Waals surface area contributed by atoms with Gasteiger partial charge in [-0.15, -0.1) is 0 Å². The maximum absolute atomic E-state index is 12.6. The Bertz CT molecular complexity index is 763. The van der Waals surface area contributed by atoms with Crippen LogP contribution in [0.2, 0.25) is 0 Å². The quantitative estimate of drug-likeness (QED) is 0.898. The molecule has 1 aromatic heterocycles. The van der Waals surface area contributed by atoms with Crippen LogP contribution < -0.4 is 5.32 Å². The molecule has 0 unspecified atom stereocenters. The molecule has 2 aliphatic heterocycles. The molecule has 2 aliphatic rings. The van der Waals surface area contributed by atoms with Gasteiger partial charge >= 0.3 is 0 Å². The summed E-state index contributed by atoms with van der Waals surface area (Å²) in [5, 5.41) is 3.04. The van der Waals surface area contributed by atoms with Crippen molar-refractivity contribution in [2.24, 2.45) is 7.05 Å². The van der Waals surface area contributed by atoms with E-state index in [1.54, 1.807) is 0 Å². The number of nitrogens with one attached hydrogen (secondary N) is 1. The average molecular weight is 353 g/mol. The molecule has 138 valence electrons. The van der Waals surface area contributed by atoms with E-state index in [-0.39, 0.29) is 12.0 Å². The maximum atomic E-state index is 12.6. The largest absolute Gasteiger partial charge is 0.376 e. The Balaban J connectivity index is 1.41. The van der Waals surface area contributed by atoms with E-state index in [2.05, 4.69) is 51.2 Å². The molecule has 0 radical (unpaired) electrons. The lowest BCUT2D eigenvalue weighted by atomic mass is 10.1. The van der Waals surface area contributed by atoms with E-state index in [1.165, 1.54) is 16.8 Å². The molecule has 4 rings (SSSR count). The number of rotatable bonds is 5. The highest BCUT2D eigenvalue weighted by Crippen LogP contribution is 2.24. The number of carbonyl (C=O) groups is 1. The smallest absolute Gasteiger partial charge is 0.268 e. The van der Waals surface area contributed by atoms with Crippen LogP contribution in [0.5, 0.6) is 0 Å². The molecule has 1 aromatic carbocycles. The molecule has 3 heterocycles. The Morgan fingerprint density at radius 3 is 2.92 bits per heavy atom. The fourth-order valence-corrected chi connectivity index (χ4v) is 4.05. The number of benzene rings is 1. The lowest BCUT2D eigenvalue weighted by Gasteiger charge is -2.27. The molecule has 1 N–H and O–H groups in total. The van der Waals surface area contributed by atoms with Crippen molar-refractivity contribution in [2.75, 3.05) is 19.7 Å². The van der Waals surface area contributed by atoms with Crippen LogP contribution in [0, 0.1) is 0 Å². The van der Waals surface area contributed by atoms with Gasteiger partial charge in [0.05, 0.1) is 6.10 Å². The molecule has 1 amide bonds. The summed E-state index contributed by atoms with van der Waals surface area (Å²) in [4.78, 5) is 15.1. The van der Waals surface area contributed by atoms with Gasteiger partial charge in [0.25, 0.3) is 5.91 Å². The molecule has 26 heavy (non-hydrogen) atoms. The minimum Gasteiger partial charge on any atom is -0.376 e. The first-order chi connectivity index (χ1) is 12.7. The van der Waals surface area contributed by atoms with Crippen molar-refractivity contribution in [3.05, 3.63) is 58.9 Å². The Hall–Kier alpha value is -2.11. The van der Waals surface area contributed by atoms with E-state index >= 15 is 0 Å². The lowest BCUT2D eigenvalue weighted by molar-refractivity contribution is 0.0851. The first-order valence-electron chi connectivity index (χ1n) is 9.54. The first kappa shape index (κ1) is 17.3. The van der Waals surface area contributed by atoms with Crippen LogP contribution in [-0.2, 0) is 31.3 Å². The second kappa shape index (κ2) is 7.64. The third-order valence-electron chi connectivity index (χ3n) is 5.50. The number of hydrogen-bond acceptors (Lipinski definition) is 3. The van der Waals surface area contributed by atoms with Gasteiger partial charge < -0.3 is 14.6 Å². The highest BCUT2D eigenvalue weighted by molar-refractivity contribution is 5.93. The van der Waals surface area contributed by atoms with Crippen LogP contribution in [0.4, 0.5) is 0 Å². The van der Waals surface area contributed by atoms with Crippen LogP contribution in [0.1, 0.15) is 40.2 Å². The predicted octanol–water partition coefficient (Wildman–Crippen LogP) is 2.49. The van der Waals surface area contributed by atoms with E-state index < -0.39 is 0 Å². The molecule has 1 fully saturated rings. The molecular formula is C21H27N3O2. The van der Waals surface area contributed by atoms with Crippen LogP contribution >= 0.6 is 0 Å². The van der Waals surface area contributed by atoms with Crippen molar-refractivity contribution in [1.29, 1.82) is 0 Å². The normalized spacial score (nSPS) is 20.1. The Morgan fingerprint density at radius 2 is 2.15 bits per heavy atom. The summed E-state index contributed by atoms with van der Waals surface area (Å²) in [6.07, 6.45) is 3.29. The second-order valence-corrected chi connectivity index (χ2v) is 7.35. The topological polar surface area (TPSA) is 46.5 Å². The summed E-state index contributed by atoms with van der Waals surface area (Å²) in [6, 6.07) is 12.6. The van der Waals surface area contributed by atoms with E-state index in [9.17, 15) is 4.79 Å². The third-order valence-corrected chi connectivity index (χ3v) is 5.50. The van der Waals surface area contributed by atoms with Gasteiger partial charge in [0.2, 0.25) is 0 Å². The van der Waals surface area contributed by atoms with Crippen LogP contribution in [-0.4, -0.2) is 41.2 Å². The summed E-state index contributed by atoms with van der Waals surface area (Å²) in [5.41, 5.74) is 4.66. The van der Waals surface area contributed by atoms with Crippen molar-refractivity contribution in [3.63, 3.8) is 0 Å². The molecule has 5 nitrogen and oxygen atoms in total. The Kier molecular flexibility index (Phi) is 5.09. The van der Waals surface area contributed by atoms with Crippen molar-refractivity contribution in [3.8, 4) is 0 Å². The zero-order valence-electron chi connectivity index (χ0n) is 15.4. The van der Waals surface area contributed by atoms with E-state index in [4.69, 9.17) is 4.74 Å². The number of fused-ring (bicyclic) bond motifs is 1. The van der Waals surface area contributed by atoms with Gasteiger partial charge in [0.1, 0.15) is 5.69 Å². The number of ether oxygens (including phenoxy) is 1. The van der Waals surface area contributed by atoms with Crippen molar-refractivity contribution in [2.45, 2.75) is 38.5 Å². The molecule has 0 bridgehead atoms. The fourth-order valence-electron chi connectivity index (χ4n) is 4.05. The fraction of sp³-hybridized carbons (Fsp3) is 0.476. The monoisotopic (exact) mass is 353 g/mol. The number of amides is 1. The zero-order valence-corrected chi connectivity index (χ0v) is 15.4. The summed E-state index contributed by atoms with van der Waals surface area (Å²) in [6.45, 7) is 4.30. The first-order valence-corrected chi connectivity index (χ1v) is 9.54. The van der Waals surface area contributed by atoms with Gasteiger partial charge in [0.15, 0.2) is 0 Å². The maximum Gasteiger partial charge on any atom is 0.268 e. The molecule has 0 aliphatic carbocycles. The number of hydrogen-bond donors (Lipinski definition) is 1. The van der Waals surface area contributed by atoms with Gasteiger partial charge in [-0.2, -0.15) is 0 Å². The van der Waals surface area contributed by atoms with Crippen molar-refractivity contribution >= 4 is 5.91 Å². The average Bonchev–Trinajstić information content (AvgIpc) is 3.29. The Morgan fingerprint density at radius 1 is 1.31 bits per heavy atom. The van der Waals surface area contributed by atoms with Crippen LogP contribution in [0.25, 0.3) is 0 Å². The van der Waals surface area contributed by atoms with Crippen LogP contribution in [0.15, 0.2) is 36.4 Å². The van der Waals surface area contributed by atoms with Crippen molar-refractivity contribution < 1.29 is 9.53 Å². The van der Waals surface area contributed by atoms with E-state index in [0.717, 1.165) is 51.2 Å². The molecule has 2 aromatic rings. The van der Waals surface area contributed by atoms with Gasteiger partial charge in [-0.25, -0.2) is 0 Å². The molecule has 0 saturated carbocycles. The van der Waals surface area contributed by atoms with Crippen molar-refractivity contribution in [1.82, 2.24) is 14.8 Å². The minimum absolute atomic E-state index is 0.00649. The van der Waals surface area contributed by atoms with E-state index in [1.807, 2.05) is 7.05 Å². The molecule has 1 saturated heterocycles. The minimum atomic E-state index is 0.00649. The molecule has 0 spiro atoms. The van der Waals surface area contributed by atoms with Gasteiger partial charge in [-0.3, -0.25) is 9.69 Å². The standard InChI is InChI=1S/C21H27N3O2/c1-23-19-9-10-24(14-16-6-3-2-4-7-16)15-17(19)12-20(23)21(25)22-13-18-8-5-11-26-18/h2-4,6-7,12,18H,5,8-11,13-15H2,1H3,(H,22,25)/t18-/m0/s1. The van der Waals surface area contributed by atoms with E-state index in [0.29, 0.717) is 6.54 Å². The molecule has 5 heteroatoms. The predicted molar refractivity (Wildman–Crippen MR) is 101 cm³/mol. The SMILES string of the molecule is Cn1c(C(=O)NC[C@@H]2CCCO2)cc2c1CCN(Cc1ccccc1)C2. The number of aromatic nitrogens is 1. The summed E-state index contributed by atoms with van der Waals surface area (Å²) in [5.74, 6) is 0.00649. The molecular weight excluding hydrogens is 326 g/mol. The third kappa shape index (κ3) is 3.69. The lowest BCUT2D eigenvalue weighted by Crippen LogP contribution is -2.33. The van der Waals surface area contributed by atoms with Gasteiger partial charge in [-0.05, 0) is 30.0 Å². The number of nitrogens with zero attached hydrogens (tertiary/aromatic N) is 2. The summed E-state index contributed by atoms with van der Waals surface area (Å²) >= 11 is 0. The van der Waals surface area contributed by atoms with Crippen LogP contribution in [0.3, 0.4) is 0 Å². The Labute approximate surface area is 154 Å². The molecule has 1 atom stereocenters. The van der Waals surface area contributed by atoms with Gasteiger partial charge in [-0.1, -0.05) is 30.3 Å². The highest BCUT2D eigenvalue weighted by Gasteiger charge is 2.24. The van der Waals surface area contributed by atoms with Gasteiger partial charge in [0, 0.05) is 51.9 Å². The highest BCUT2D eigenvalue weighted by atomic mass is 16.5. The second-order valence-electron chi connectivity index (χ2n) is 7.35.